The van der Waals surface area contributed by atoms with Crippen LogP contribution >= 0.6 is 0 Å². The Labute approximate surface area is 72.9 Å². The van der Waals surface area contributed by atoms with Gasteiger partial charge in [0.05, 0.1) is 0 Å². The van der Waals surface area contributed by atoms with Crippen LogP contribution in [0.4, 0.5) is 0 Å². The van der Waals surface area contributed by atoms with Crippen molar-refractivity contribution in [2.75, 3.05) is 0 Å². The summed E-state index contributed by atoms with van der Waals surface area (Å²) >= 11 is 0. The largest absolute Gasteiger partial charge is 0.508 e. The molecule has 1 aromatic rings. The zero-order valence-corrected chi connectivity index (χ0v) is 6.38. The van der Waals surface area contributed by atoms with E-state index in [0.29, 0.717) is 0 Å². The van der Waals surface area contributed by atoms with Gasteiger partial charge in [-0.25, -0.2) is 0 Å². The summed E-state index contributed by atoms with van der Waals surface area (Å²) in [7, 11) is 0. The second-order valence-electron chi connectivity index (χ2n) is 1.94. The van der Waals surface area contributed by atoms with Crippen LogP contribution in [0.1, 0.15) is 0 Å². The number of carboxylic acid groups (broad SMARTS) is 1. The van der Waals surface area contributed by atoms with Gasteiger partial charge in [-0.15, -0.1) is 0 Å². The van der Waals surface area contributed by atoms with Crippen LogP contribution < -0.4 is 0 Å². The Kier molecular flexibility index (Phi) is 3.94. The molecule has 0 atom stereocenters. The van der Waals surface area contributed by atoms with Crippen molar-refractivity contribution >= 4 is 6.47 Å². The third kappa shape index (κ3) is 3.19. The molecule has 0 heterocycles. The van der Waals surface area contributed by atoms with Crippen molar-refractivity contribution in [3.63, 3.8) is 0 Å². The minimum Gasteiger partial charge on any atom is -0.508 e. The van der Waals surface area contributed by atoms with Crippen LogP contribution in [0.2, 0.25) is 0 Å². The normalized spacial score (nSPS) is 8.31. The molecule has 0 spiro atoms. The quantitative estimate of drug-likeness (QED) is 0.225. The predicted octanol–water partition coefficient (Wildman–Crippen LogP) is 0.210. The highest BCUT2D eigenvalue weighted by Gasteiger charge is 2.05. The zero-order valence-electron chi connectivity index (χ0n) is 6.38. The van der Waals surface area contributed by atoms with Crippen LogP contribution in [0.3, 0.4) is 0 Å². The van der Waals surface area contributed by atoms with E-state index in [4.69, 9.17) is 30.3 Å². The maximum Gasteiger partial charge on any atom is 0.290 e. The monoisotopic (exact) mass is 188 g/mol. The van der Waals surface area contributed by atoms with Gasteiger partial charge in [-0.3, -0.25) is 4.79 Å². The van der Waals surface area contributed by atoms with Crippen molar-refractivity contribution in [1.29, 1.82) is 0 Å². The van der Waals surface area contributed by atoms with Crippen LogP contribution in [0.25, 0.3) is 0 Å². The number of carbonyl (C=O) groups is 1. The number of rotatable bonds is 0. The average Bonchev–Trinajstić information content (AvgIpc) is 2.01. The molecule has 0 saturated carbocycles. The molecule has 0 amide bonds. The van der Waals surface area contributed by atoms with Crippen molar-refractivity contribution in [2.24, 2.45) is 0 Å². The molecule has 0 radical (unpaired) electrons. The topological polar surface area (TPSA) is 118 Å². The first-order valence-electron chi connectivity index (χ1n) is 3.04. The van der Waals surface area contributed by atoms with E-state index in [9.17, 15) is 0 Å². The van der Waals surface area contributed by atoms with E-state index in [1.807, 2.05) is 0 Å². The van der Waals surface area contributed by atoms with E-state index >= 15 is 0 Å². The Bertz CT molecular complexity index is 272. The smallest absolute Gasteiger partial charge is 0.290 e. The molecule has 1 aromatic carbocycles. The Morgan fingerprint density at radius 1 is 1.00 bits per heavy atom. The molecule has 6 nitrogen and oxygen atoms in total. The van der Waals surface area contributed by atoms with E-state index in [1.54, 1.807) is 0 Å². The third-order valence-corrected chi connectivity index (χ3v) is 1.05. The van der Waals surface area contributed by atoms with Crippen molar-refractivity contribution in [3.8, 4) is 23.0 Å². The Morgan fingerprint density at radius 3 is 1.62 bits per heavy atom. The lowest BCUT2D eigenvalue weighted by molar-refractivity contribution is -0.122. The molecule has 0 bridgehead atoms. The van der Waals surface area contributed by atoms with Crippen LogP contribution in [-0.2, 0) is 4.79 Å². The van der Waals surface area contributed by atoms with Crippen LogP contribution in [-0.4, -0.2) is 32.0 Å². The molecule has 0 unspecified atom stereocenters. The van der Waals surface area contributed by atoms with Gasteiger partial charge >= 0.3 is 0 Å². The fraction of sp³-hybridized carbons (Fsp3) is 0. The minimum atomic E-state index is -0.627. The summed E-state index contributed by atoms with van der Waals surface area (Å²) < 4.78 is 0. The number of hydrogen-bond donors (Lipinski definition) is 5. The lowest BCUT2D eigenvalue weighted by atomic mass is 10.3. The molecule has 0 saturated heterocycles. The fourth-order valence-electron chi connectivity index (χ4n) is 0.590. The molecule has 13 heavy (non-hydrogen) atoms. The van der Waals surface area contributed by atoms with Gasteiger partial charge in [-0.1, -0.05) is 0 Å². The first kappa shape index (κ1) is 10.9. The van der Waals surface area contributed by atoms with E-state index in [-0.39, 0.29) is 12.2 Å². The molecule has 6 heteroatoms. The number of benzene rings is 1. The second kappa shape index (κ2) is 4.70. The Morgan fingerprint density at radius 2 is 1.31 bits per heavy atom. The van der Waals surface area contributed by atoms with Gasteiger partial charge in [0.2, 0.25) is 5.75 Å². The minimum absolute atomic E-state index is 0.250. The SMILES string of the molecule is O=CO.Oc1cc(O)c(O)c(O)c1. The zero-order chi connectivity index (χ0) is 10.4. The summed E-state index contributed by atoms with van der Waals surface area (Å²) in [6, 6.07) is 1.85. The number of phenols is 4. The van der Waals surface area contributed by atoms with E-state index in [2.05, 4.69) is 0 Å². The Balaban J connectivity index is 0.000000424. The molecule has 0 aromatic heterocycles. The first-order chi connectivity index (χ1) is 6.02. The molecule has 5 N–H and O–H groups in total. The van der Waals surface area contributed by atoms with Crippen molar-refractivity contribution < 1.29 is 30.3 Å². The van der Waals surface area contributed by atoms with Crippen molar-refractivity contribution in [3.05, 3.63) is 12.1 Å². The number of hydrogen-bond acceptors (Lipinski definition) is 5. The van der Waals surface area contributed by atoms with Gasteiger partial charge in [0.15, 0.2) is 11.5 Å². The molecular formula is C7H8O6. The maximum atomic E-state index is 8.72. The van der Waals surface area contributed by atoms with Crippen molar-refractivity contribution in [2.45, 2.75) is 0 Å². The van der Waals surface area contributed by atoms with Crippen LogP contribution in [0.5, 0.6) is 23.0 Å². The fourth-order valence-corrected chi connectivity index (χ4v) is 0.590. The lowest BCUT2D eigenvalue weighted by Gasteiger charge is -1.99. The summed E-state index contributed by atoms with van der Waals surface area (Å²) in [4.78, 5) is 8.36. The molecule has 0 fully saturated rings. The molecule has 0 aliphatic heterocycles. The van der Waals surface area contributed by atoms with E-state index in [1.165, 1.54) is 0 Å². The molecule has 72 valence electrons. The summed E-state index contributed by atoms with van der Waals surface area (Å²) in [6.07, 6.45) is 0. The standard InChI is InChI=1S/C6H6O4.CH2O2/c7-3-1-4(8)6(10)5(9)2-3;2-1-3/h1-2,7-10H;1H,(H,2,3). The first-order valence-corrected chi connectivity index (χ1v) is 3.04. The van der Waals surface area contributed by atoms with E-state index in [0.717, 1.165) is 12.1 Å². The van der Waals surface area contributed by atoms with E-state index < -0.39 is 17.2 Å². The van der Waals surface area contributed by atoms with Gasteiger partial charge in [-0.2, -0.15) is 0 Å². The number of phenolic OH excluding ortho intramolecular Hbond substituents is 4. The van der Waals surface area contributed by atoms with Gasteiger partial charge in [0.1, 0.15) is 5.75 Å². The lowest BCUT2D eigenvalue weighted by Crippen LogP contribution is -1.70. The van der Waals surface area contributed by atoms with Gasteiger partial charge in [-0.05, 0) is 0 Å². The summed E-state index contributed by atoms with van der Waals surface area (Å²) in [5.74, 6) is -2.01. The third-order valence-electron chi connectivity index (χ3n) is 1.05. The highest BCUT2D eigenvalue weighted by atomic mass is 16.3. The summed E-state index contributed by atoms with van der Waals surface area (Å²) in [6.45, 7) is -0.250. The molecule has 0 aliphatic carbocycles. The van der Waals surface area contributed by atoms with Crippen LogP contribution in [0.15, 0.2) is 12.1 Å². The highest BCUT2D eigenvalue weighted by molar-refractivity contribution is 5.52. The van der Waals surface area contributed by atoms with Gasteiger partial charge in [0, 0.05) is 12.1 Å². The Hall–Kier alpha value is -2.11. The molecular weight excluding hydrogens is 180 g/mol. The van der Waals surface area contributed by atoms with Gasteiger partial charge in [0.25, 0.3) is 6.47 Å². The summed E-state index contributed by atoms with van der Waals surface area (Å²) in [5.41, 5.74) is 0. The predicted molar refractivity (Wildman–Crippen MR) is 41.8 cm³/mol. The van der Waals surface area contributed by atoms with Gasteiger partial charge < -0.3 is 25.5 Å². The van der Waals surface area contributed by atoms with Crippen molar-refractivity contribution in [1.82, 2.24) is 0 Å². The number of aromatic hydroxyl groups is 4. The molecule has 0 aliphatic rings. The molecule has 1 rings (SSSR count). The summed E-state index contributed by atoms with van der Waals surface area (Å²) in [5, 5.41) is 41.7. The second-order valence-corrected chi connectivity index (χ2v) is 1.94. The average molecular weight is 188 g/mol. The highest BCUT2D eigenvalue weighted by Crippen LogP contribution is 2.37. The van der Waals surface area contributed by atoms with Crippen LogP contribution in [0, 0.1) is 0 Å². The maximum absolute atomic E-state index is 8.72.